The van der Waals surface area contributed by atoms with Crippen molar-refractivity contribution >= 4 is 49.1 Å². The summed E-state index contributed by atoms with van der Waals surface area (Å²) in [7, 11) is -4.00. The summed E-state index contributed by atoms with van der Waals surface area (Å²) in [5.41, 5.74) is 0. The largest absolute Gasteiger partial charge is 0.477 e. The molecule has 0 aromatic carbocycles. The van der Waals surface area contributed by atoms with E-state index in [9.17, 15) is 17.6 Å². The van der Waals surface area contributed by atoms with Crippen LogP contribution in [0.25, 0.3) is 0 Å². The van der Waals surface area contributed by atoms with Crippen LogP contribution in [0.2, 0.25) is 0 Å². The van der Waals surface area contributed by atoms with E-state index >= 15 is 0 Å². The van der Waals surface area contributed by atoms with Crippen molar-refractivity contribution in [2.45, 2.75) is 4.90 Å². The summed E-state index contributed by atoms with van der Waals surface area (Å²) in [6, 6.07) is 3.24. The van der Waals surface area contributed by atoms with Crippen LogP contribution in [-0.2, 0) is 10.0 Å². The fourth-order valence-electron chi connectivity index (χ4n) is 1.27. The number of thiophene rings is 1. The van der Waals surface area contributed by atoms with Crippen molar-refractivity contribution in [1.29, 1.82) is 0 Å². The summed E-state index contributed by atoms with van der Waals surface area (Å²) in [5, 5.41) is 8.83. The highest BCUT2D eigenvalue weighted by atomic mass is 79.9. The van der Waals surface area contributed by atoms with Crippen LogP contribution < -0.4 is 4.72 Å². The molecule has 0 spiro atoms. The highest BCUT2D eigenvalue weighted by molar-refractivity contribution is 9.11. The number of halogens is 2. The summed E-state index contributed by atoms with van der Waals surface area (Å²) in [4.78, 5) is 14.0. The number of carboxylic acid groups (broad SMARTS) is 1. The molecule has 6 nitrogen and oxygen atoms in total. The molecular formula is C10H6BrFN2O4S2. The van der Waals surface area contributed by atoms with Gasteiger partial charge in [-0.25, -0.2) is 22.6 Å². The van der Waals surface area contributed by atoms with E-state index in [0.717, 1.165) is 35.7 Å². The Bertz CT molecular complexity index is 758. The van der Waals surface area contributed by atoms with E-state index in [0.29, 0.717) is 0 Å². The molecule has 10 heteroatoms. The molecule has 2 heterocycles. The molecule has 2 rings (SSSR count). The zero-order valence-electron chi connectivity index (χ0n) is 9.50. The van der Waals surface area contributed by atoms with Crippen LogP contribution in [0.4, 0.5) is 10.2 Å². The van der Waals surface area contributed by atoms with E-state index in [1.807, 2.05) is 0 Å². The van der Waals surface area contributed by atoms with Gasteiger partial charge in [-0.15, -0.1) is 11.3 Å². The lowest BCUT2D eigenvalue weighted by Crippen LogP contribution is -2.13. The van der Waals surface area contributed by atoms with Gasteiger partial charge in [0.1, 0.15) is 21.4 Å². The first kappa shape index (κ1) is 14.9. The predicted molar refractivity (Wildman–Crippen MR) is 74.0 cm³/mol. The molecule has 0 fully saturated rings. The summed E-state index contributed by atoms with van der Waals surface area (Å²) < 4.78 is 39.1. The molecule has 2 aromatic heterocycles. The minimum atomic E-state index is -4.00. The van der Waals surface area contributed by atoms with Gasteiger partial charge < -0.3 is 5.11 Å². The molecule has 0 unspecified atom stereocenters. The third kappa shape index (κ3) is 3.14. The minimum absolute atomic E-state index is 0.0682. The Morgan fingerprint density at radius 1 is 1.45 bits per heavy atom. The van der Waals surface area contributed by atoms with Crippen molar-refractivity contribution in [3.8, 4) is 0 Å². The highest BCUT2D eigenvalue weighted by Gasteiger charge is 2.23. The first-order chi connectivity index (χ1) is 9.29. The van der Waals surface area contributed by atoms with E-state index in [1.54, 1.807) is 0 Å². The summed E-state index contributed by atoms with van der Waals surface area (Å²) in [6.07, 6.45) is 0.864. The molecule has 0 aliphatic rings. The number of pyridine rings is 1. The number of rotatable bonds is 4. The quantitative estimate of drug-likeness (QED) is 0.849. The molecule has 0 atom stereocenters. The van der Waals surface area contributed by atoms with Gasteiger partial charge in [0.05, 0.1) is 9.98 Å². The molecule has 0 saturated carbocycles. The fourth-order valence-corrected chi connectivity index (χ4v) is 4.68. The molecular weight excluding hydrogens is 375 g/mol. The van der Waals surface area contributed by atoms with Crippen LogP contribution in [0.15, 0.2) is 33.1 Å². The SMILES string of the molecule is O=C(O)c1cc(S(=O)(=O)Nc2ccc(F)cn2)c(Br)s1. The van der Waals surface area contributed by atoms with Gasteiger partial charge >= 0.3 is 5.97 Å². The number of hydrogen-bond acceptors (Lipinski definition) is 5. The second kappa shape index (κ2) is 5.46. The first-order valence-corrected chi connectivity index (χ1v) is 8.06. The number of hydrogen-bond donors (Lipinski definition) is 2. The van der Waals surface area contributed by atoms with Gasteiger partial charge in [-0.05, 0) is 34.1 Å². The number of aromatic carboxylic acids is 1. The second-order valence-corrected chi connectivity index (χ2v) is 7.54. The highest BCUT2D eigenvalue weighted by Crippen LogP contribution is 2.32. The molecule has 106 valence electrons. The number of aromatic nitrogens is 1. The molecule has 0 aliphatic heterocycles. The van der Waals surface area contributed by atoms with E-state index in [4.69, 9.17) is 5.11 Å². The molecule has 0 amide bonds. The van der Waals surface area contributed by atoms with Crippen molar-refractivity contribution in [3.05, 3.63) is 38.9 Å². The Hall–Kier alpha value is -1.52. The van der Waals surface area contributed by atoms with Gasteiger partial charge in [0.25, 0.3) is 10.0 Å². The minimum Gasteiger partial charge on any atom is -0.477 e. The number of anilines is 1. The topological polar surface area (TPSA) is 96.4 Å². The lowest BCUT2D eigenvalue weighted by atomic mass is 10.5. The van der Waals surface area contributed by atoms with Crippen LogP contribution in [0.5, 0.6) is 0 Å². The smallest absolute Gasteiger partial charge is 0.345 e. The maximum absolute atomic E-state index is 12.7. The Morgan fingerprint density at radius 2 is 2.15 bits per heavy atom. The number of carboxylic acids is 1. The van der Waals surface area contributed by atoms with Crippen LogP contribution in [0.1, 0.15) is 9.67 Å². The van der Waals surface area contributed by atoms with E-state index < -0.39 is 21.8 Å². The van der Waals surface area contributed by atoms with Gasteiger partial charge in [0, 0.05) is 0 Å². The van der Waals surface area contributed by atoms with E-state index in [2.05, 4.69) is 25.6 Å². The molecule has 2 aromatic rings. The van der Waals surface area contributed by atoms with Gasteiger partial charge in [-0.3, -0.25) is 4.72 Å². The Kier molecular flexibility index (Phi) is 4.06. The monoisotopic (exact) mass is 380 g/mol. The standard InChI is InChI=1S/C10H6BrFN2O4S2/c11-9-7(3-6(19-9)10(15)16)20(17,18)14-8-2-1-5(12)4-13-8/h1-4H,(H,13,14)(H,15,16). The Labute approximate surface area is 125 Å². The van der Waals surface area contributed by atoms with Crippen LogP contribution in [0, 0.1) is 5.82 Å². The molecule has 0 saturated heterocycles. The maximum atomic E-state index is 12.7. The van der Waals surface area contributed by atoms with Crippen LogP contribution in [-0.4, -0.2) is 24.5 Å². The number of sulfonamides is 1. The van der Waals surface area contributed by atoms with Crippen LogP contribution >= 0.6 is 27.3 Å². The third-order valence-corrected chi connectivity index (χ3v) is 5.72. The van der Waals surface area contributed by atoms with Crippen molar-refractivity contribution < 1.29 is 22.7 Å². The van der Waals surface area contributed by atoms with Gasteiger partial charge in [0.2, 0.25) is 0 Å². The maximum Gasteiger partial charge on any atom is 0.345 e. The molecule has 2 N–H and O–H groups in total. The Morgan fingerprint density at radius 3 is 2.65 bits per heavy atom. The van der Waals surface area contributed by atoms with E-state index in [-0.39, 0.29) is 19.4 Å². The summed E-state index contributed by atoms with van der Waals surface area (Å²) in [5.74, 6) is -1.89. The number of carbonyl (C=O) groups is 1. The van der Waals surface area contributed by atoms with Gasteiger partial charge in [-0.2, -0.15) is 0 Å². The average molecular weight is 381 g/mol. The Balaban J connectivity index is 2.35. The second-order valence-electron chi connectivity index (χ2n) is 3.52. The number of nitrogens with one attached hydrogen (secondary N) is 1. The molecule has 20 heavy (non-hydrogen) atoms. The van der Waals surface area contributed by atoms with Crippen molar-refractivity contribution in [1.82, 2.24) is 4.98 Å². The molecule has 0 radical (unpaired) electrons. The molecule has 0 bridgehead atoms. The fraction of sp³-hybridized carbons (Fsp3) is 0. The third-order valence-electron chi connectivity index (χ3n) is 2.12. The summed E-state index contributed by atoms with van der Waals surface area (Å²) in [6.45, 7) is 0. The molecule has 0 aliphatic carbocycles. The first-order valence-electron chi connectivity index (χ1n) is 4.96. The van der Waals surface area contributed by atoms with Crippen molar-refractivity contribution in [3.63, 3.8) is 0 Å². The normalized spacial score (nSPS) is 11.3. The lowest BCUT2D eigenvalue weighted by molar-refractivity contribution is 0.0702. The van der Waals surface area contributed by atoms with Crippen molar-refractivity contribution in [2.24, 2.45) is 0 Å². The average Bonchev–Trinajstić information content (AvgIpc) is 2.75. The van der Waals surface area contributed by atoms with E-state index in [1.165, 1.54) is 0 Å². The van der Waals surface area contributed by atoms with Gasteiger partial charge in [-0.1, -0.05) is 0 Å². The van der Waals surface area contributed by atoms with Gasteiger partial charge in [0.15, 0.2) is 0 Å². The zero-order valence-corrected chi connectivity index (χ0v) is 12.7. The van der Waals surface area contributed by atoms with Crippen molar-refractivity contribution in [2.75, 3.05) is 4.72 Å². The predicted octanol–water partition coefficient (Wildman–Crippen LogP) is 2.54. The number of nitrogens with zero attached hydrogens (tertiary/aromatic N) is 1. The summed E-state index contributed by atoms with van der Waals surface area (Å²) >= 11 is 3.78. The lowest BCUT2D eigenvalue weighted by Gasteiger charge is -2.05. The zero-order chi connectivity index (χ0) is 14.9. The van der Waals surface area contributed by atoms with Crippen LogP contribution in [0.3, 0.4) is 0 Å².